The summed E-state index contributed by atoms with van der Waals surface area (Å²) in [5.41, 5.74) is 2.69. The van der Waals surface area contributed by atoms with Crippen molar-refractivity contribution in [3.63, 3.8) is 0 Å². The maximum absolute atomic E-state index is 12.6. The van der Waals surface area contributed by atoms with Gasteiger partial charge in [0.2, 0.25) is 0 Å². The highest BCUT2D eigenvalue weighted by molar-refractivity contribution is 6.30. The first-order valence-electron chi connectivity index (χ1n) is 10.7. The first-order chi connectivity index (χ1) is 14.6. The van der Waals surface area contributed by atoms with E-state index >= 15 is 0 Å². The maximum atomic E-state index is 12.6. The van der Waals surface area contributed by atoms with E-state index in [0.717, 1.165) is 30.5 Å². The van der Waals surface area contributed by atoms with E-state index in [9.17, 15) is 4.79 Å². The Morgan fingerprint density at radius 2 is 1.83 bits per heavy atom. The molecule has 1 amide bonds. The number of carbonyl (C=O) groups is 1. The fourth-order valence-electron chi connectivity index (χ4n) is 5.16. The number of carbonyl (C=O) groups excluding carboxylic acids is 1. The largest absolute Gasteiger partial charge is 0.349 e. The molecule has 30 heavy (non-hydrogen) atoms. The second kappa shape index (κ2) is 7.88. The second-order valence-electron chi connectivity index (χ2n) is 8.44. The number of amides is 1. The van der Waals surface area contributed by atoms with E-state index in [-0.39, 0.29) is 11.9 Å². The molecule has 0 spiro atoms. The van der Waals surface area contributed by atoms with Crippen LogP contribution in [-0.4, -0.2) is 26.9 Å². The van der Waals surface area contributed by atoms with Crippen molar-refractivity contribution in [3.8, 4) is 11.3 Å². The topological polar surface area (TPSA) is 59.8 Å². The Morgan fingerprint density at radius 3 is 2.50 bits per heavy atom. The molecule has 1 heterocycles. The molecule has 6 heteroatoms. The van der Waals surface area contributed by atoms with Crippen LogP contribution in [0.25, 0.3) is 11.3 Å². The molecule has 2 aliphatic rings. The van der Waals surface area contributed by atoms with Crippen LogP contribution in [0.5, 0.6) is 0 Å². The molecule has 3 atom stereocenters. The Hall–Kier alpha value is -2.66. The van der Waals surface area contributed by atoms with Crippen LogP contribution >= 0.6 is 11.6 Å². The summed E-state index contributed by atoms with van der Waals surface area (Å²) in [6.07, 6.45) is 4.98. The van der Waals surface area contributed by atoms with Gasteiger partial charge in [-0.05, 0) is 61.3 Å². The Balaban J connectivity index is 1.20. The molecule has 0 radical (unpaired) electrons. The van der Waals surface area contributed by atoms with Gasteiger partial charge < -0.3 is 5.32 Å². The number of benzene rings is 2. The Morgan fingerprint density at radius 1 is 1.13 bits per heavy atom. The minimum absolute atomic E-state index is 0.0127. The van der Waals surface area contributed by atoms with Crippen LogP contribution in [0.3, 0.4) is 0 Å². The first kappa shape index (κ1) is 19.3. The number of aromatic nitrogens is 3. The molecule has 2 aliphatic carbocycles. The maximum Gasteiger partial charge on any atom is 0.251 e. The van der Waals surface area contributed by atoms with Crippen LogP contribution in [0.15, 0.2) is 60.8 Å². The summed E-state index contributed by atoms with van der Waals surface area (Å²) in [7, 11) is 0. The molecular weight excluding hydrogens is 396 g/mol. The fourth-order valence-corrected chi connectivity index (χ4v) is 5.29. The number of hydrogen-bond acceptors (Lipinski definition) is 3. The van der Waals surface area contributed by atoms with Gasteiger partial charge in [0.25, 0.3) is 5.91 Å². The van der Waals surface area contributed by atoms with Gasteiger partial charge in [-0.1, -0.05) is 48.9 Å². The number of fused-ring (bicyclic) bond motifs is 1. The van der Waals surface area contributed by atoms with E-state index in [1.54, 1.807) is 24.3 Å². The van der Waals surface area contributed by atoms with Gasteiger partial charge >= 0.3 is 0 Å². The van der Waals surface area contributed by atoms with Gasteiger partial charge in [0.15, 0.2) is 0 Å². The van der Waals surface area contributed by atoms with Crippen molar-refractivity contribution in [2.24, 2.45) is 17.8 Å². The average Bonchev–Trinajstić information content (AvgIpc) is 3.15. The minimum atomic E-state index is -0.0127. The summed E-state index contributed by atoms with van der Waals surface area (Å²) in [6, 6.07) is 17.8. The molecule has 154 valence electrons. The SMILES string of the molecule is CCC(NC(=O)c1ccc(Cl)cc1)C1C2CC(n3ncc(-c4ccccc4)n3)CC21. The zero-order valence-corrected chi connectivity index (χ0v) is 17.7. The lowest BCUT2D eigenvalue weighted by molar-refractivity contribution is 0.0926. The van der Waals surface area contributed by atoms with E-state index < -0.39 is 0 Å². The highest BCUT2D eigenvalue weighted by Gasteiger charge is 2.59. The van der Waals surface area contributed by atoms with E-state index in [1.807, 2.05) is 29.2 Å². The Kier molecular flexibility index (Phi) is 5.07. The summed E-state index contributed by atoms with van der Waals surface area (Å²) >= 11 is 5.93. The molecule has 3 aromatic rings. The van der Waals surface area contributed by atoms with Crippen LogP contribution in [0.4, 0.5) is 0 Å². The third-order valence-corrected chi connectivity index (χ3v) is 6.97. The molecular formula is C24H25ClN4O. The highest BCUT2D eigenvalue weighted by atomic mass is 35.5. The highest BCUT2D eigenvalue weighted by Crippen LogP contribution is 2.62. The normalized spacial score (nSPS) is 25.5. The zero-order valence-electron chi connectivity index (χ0n) is 16.9. The molecule has 0 aliphatic heterocycles. The predicted molar refractivity (Wildman–Crippen MR) is 117 cm³/mol. The lowest BCUT2D eigenvalue weighted by Gasteiger charge is -2.21. The van der Waals surface area contributed by atoms with Crippen molar-refractivity contribution in [2.45, 2.75) is 38.3 Å². The molecule has 0 bridgehead atoms. The number of halogens is 1. The molecule has 2 fully saturated rings. The van der Waals surface area contributed by atoms with Crippen LogP contribution < -0.4 is 5.32 Å². The molecule has 5 rings (SSSR count). The number of rotatable bonds is 6. The van der Waals surface area contributed by atoms with Gasteiger partial charge in [-0.2, -0.15) is 15.0 Å². The third kappa shape index (κ3) is 3.63. The quantitative estimate of drug-likeness (QED) is 0.610. The summed E-state index contributed by atoms with van der Waals surface area (Å²) in [5.74, 6) is 1.85. The number of hydrogen-bond donors (Lipinski definition) is 1. The summed E-state index contributed by atoms with van der Waals surface area (Å²) in [4.78, 5) is 14.5. The van der Waals surface area contributed by atoms with Gasteiger partial charge in [-0.15, -0.1) is 0 Å². The van der Waals surface area contributed by atoms with Crippen molar-refractivity contribution in [1.29, 1.82) is 0 Å². The summed E-state index contributed by atoms with van der Waals surface area (Å²) < 4.78 is 0. The molecule has 1 aromatic heterocycles. The lowest BCUT2D eigenvalue weighted by atomic mass is 9.99. The van der Waals surface area contributed by atoms with Gasteiger partial charge in [0.05, 0.1) is 12.2 Å². The van der Waals surface area contributed by atoms with Gasteiger partial charge in [-0.3, -0.25) is 4.79 Å². The van der Waals surface area contributed by atoms with Crippen molar-refractivity contribution < 1.29 is 4.79 Å². The van der Waals surface area contributed by atoms with Crippen molar-refractivity contribution in [1.82, 2.24) is 20.3 Å². The Labute approximate surface area is 181 Å². The van der Waals surface area contributed by atoms with Crippen LogP contribution in [0, 0.1) is 17.8 Å². The average molecular weight is 421 g/mol. The van der Waals surface area contributed by atoms with Crippen molar-refractivity contribution >= 4 is 17.5 Å². The third-order valence-electron chi connectivity index (χ3n) is 6.72. The minimum Gasteiger partial charge on any atom is -0.349 e. The predicted octanol–water partition coefficient (Wildman–Crippen LogP) is 5.00. The zero-order chi connectivity index (χ0) is 20.7. The molecule has 2 saturated carbocycles. The van der Waals surface area contributed by atoms with Crippen molar-refractivity contribution in [2.75, 3.05) is 0 Å². The molecule has 0 saturated heterocycles. The Bertz CT molecular complexity index is 1020. The number of nitrogens with one attached hydrogen (secondary N) is 1. The smallest absolute Gasteiger partial charge is 0.251 e. The van der Waals surface area contributed by atoms with E-state index in [0.29, 0.717) is 34.4 Å². The first-order valence-corrected chi connectivity index (χ1v) is 11.1. The lowest BCUT2D eigenvalue weighted by Crippen LogP contribution is -2.37. The molecule has 2 aromatic carbocycles. The van der Waals surface area contributed by atoms with E-state index in [1.165, 1.54) is 0 Å². The second-order valence-corrected chi connectivity index (χ2v) is 8.88. The standard InChI is InChI=1S/C24H25ClN4O/c1-2-21(27-24(30)16-8-10-17(25)11-9-16)23-19-12-18(13-20(19)23)29-26-14-22(28-29)15-6-4-3-5-7-15/h3-11,14,18-21,23H,2,12-13H2,1H3,(H,27,30). The van der Waals surface area contributed by atoms with E-state index in [2.05, 4.69) is 29.5 Å². The van der Waals surface area contributed by atoms with Crippen LogP contribution in [0.1, 0.15) is 42.6 Å². The van der Waals surface area contributed by atoms with E-state index in [4.69, 9.17) is 16.7 Å². The van der Waals surface area contributed by atoms with Gasteiger partial charge in [-0.25, -0.2) is 0 Å². The summed E-state index contributed by atoms with van der Waals surface area (Å²) in [6.45, 7) is 2.15. The molecule has 1 N–H and O–H groups in total. The summed E-state index contributed by atoms with van der Waals surface area (Å²) in [5, 5.41) is 13.2. The monoisotopic (exact) mass is 420 g/mol. The fraction of sp³-hybridized carbons (Fsp3) is 0.375. The van der Waals surface area contributed by atoms with Crippen LogP contribution in [-0.2, 0) is 0 Å². The van der Waals surface area contributed by atoms with Crippen molar-refractivity contribution in [3.05, 3.63) is 71.4 Å². The number of nitrogens with zero attached hydrogens (tertiary/aromatic N) is 3. The molecule has 3 unspecified atom stereocenters. The molecule has 5 nitrogen and oxygen atoms in total. The van der Waals surface area contributed by atoms with Crippen LogP contribution in [0.2, 0.25) is 5.02 Å². The van der Waals surface area contributed by atoms with Gasteiger partial charge in [0, 0.05) is 22.2 Å². The van der Waals surface area contributed by atoms with Gasteiger partial charge in [0.1, 0.15) is 5.69 Å².